The van der Waals surface area contributed by atoms with Crippen LogP contribution in [-0.2, 0) is 24.0 Å². The first-order valence-corrected chi connectivity index (χ1v) is 21.7. The van der Waals surface area contributed by atoms with Crippen molar-refractivity contribution in [3.05, 3.63) is 132 Å². The zero-order valence-corrected chi connectivity index (χ0v) is 38.2. The molecule has 0 saturated carbocycles. The number of ketones is 1. The van der Waals surface area contributed by atoms with Crippen LogP contribution in [0.2, 0.25) is 0 Å². The van der Waals surface area contributed by atoms with Crippen molar-refractivity contribution in [3.8, 4) is 0 Å². The van der Waals surface area contributed by atoms with E-state index in [4.69, 9.17) is 0 Å². The molecule has 2 aromatic heterocycles. The first-order valence-electron chi connectivity index (χ1n) is 21.7. The van der Waals surface area contributed by atoms with Gasteiger partial charge in [0, 0.05) is 80.2 Å². The van der Waals surface area contributed by atoms with Gasteiger partial charge in [-0.2, -0.15) is 0 Å². The number of hydrogen-bond acceptors (Lipinski definition) is 8. The Labute approximate surface area is 368 Å². The summed E-state index contributed by atoms with van der Waals surface area (Å²) in [6, 6.07) is 26.7. The Hall–Kier alpha value is -5.75. The number of Topliss-reactive ketones (excluding diaryl/α,β-unsaturated/α-hetero) is 1. The lowest BCUT2D eigenvalue weighted by atomic mass is 9.78. The molecule has 62 heavy (non-hydrogen) atoms. The zero-order valence-electron chi connectivity index (χ0n) is 38.2. The molecule has 4 amide bonds. The fourth-order valence-corrected chi connectivity index (χ4v) is 8.03. The summed E-state index contributed by atoms with van der Waals surface area (Å²) in [7, 11) is 0. The maximum atomic E-state index is 13.9. The quantitative estimate of drug-likeness (QED) is 0.0844. The number of hydrogen-bond donors (Lipinski definition) is 3. The fraction of sp³-hybridized carbons (Fsp3) is 0.460. The van der Waals surface area contributed by atoms with Crippen LogP contribution in [0.5, 0.6) is 0 Å². The van der Waals surface area contributed by atoms with Gasteiger partial charge in [-0.25, -0.2) is 0 Å². The molecular weight excluding hydrogens is 781 g/mol. The summed E-state index contributed by atoms with van der Waals surface area (Å²) in [5.74, 6) is -2.53. The zero-order chi connectivity index (χ0) is 45.9. The van der Waals surface area contributed by atoms with Crippen LogP contribution in [0.15, 0.2) is 110 Å². The number of nitrogens with one attached hydrogen (secondary N) is 2. The van der Waals surface area contributed by atoms with E-state index < -0.39 is 23.9 Å². The number of carbonyl (C=O) groups excluding carboxylic acids is 5. The molecule has 12 heteroatoms. The van der Waals surface area contributed by atoms with E-state index >= 15 is 0 Å². The van der Waals surface area contributed by atoms with Gasteiger partial charge in [0.25, 0.3) is 0 Å². The average molecular weight is 849 g/mol. The number of aromatic nitrogens is 2. The van der Waals surface area contributed by atoms with Crippen LogP contribution in [-0.4, -0.2) is 97.6 Å². The number of benzene rings is 2. The third-order valence-electron chi connectivity index (χ3n) is 10.6. The van der Waals surface area contributed by atoms with Crippen molar-refractivity contribution >= 4 is 29.4 Å². The van der Waals surface area contributed by atoms with Crippen LogP contribution < -0.4 is 10.6 Å². The van der Waals surface area contributed by atoms with Crippen molar-refractivity contribution < 1.29 is 29.1 Å². The largest absolute Gasteiger partial charge is 0.392 e. The molecule has 0 saturated heterocycles. The Bertz CT molecular complexity index is 1960. The number of pyridine rings is 2. The molecule has 0 spiro atoms. The lowest BCUT2D eigenvalue weighted by molar-refractivity contribution is -0.138. The molecule has 0 aliphatic heterocycles. The highest BCUT2D eigenvalue weighted by atomic mass is 16.3. The summed E-state index contributed by atoms with van der Waals surface area (Å²) < 4.78 is 0. The summed E-state index contributed by atoms with van der Waals surface area (Å²) in [5, 5.41) is 15.0. The molecule has 0 aliphatic rings. The maximum absolute atomic E-state index is 13.9. The Morgan fingerprint density at radius 2 is 0.887 bits per heavy atom. The monoisotopic (exact) mass is 849 g/mol. The molecule has 0 bridgehead atoms. The van der Waals surface area contributed by atoms with Crippen molar-refractivity contribution in [2.75, 3.05) is 13.1 Å². The minimum Gasteiger partial charge on any atom is -0.392 e. The van der Waals surface area contributed by atoms with Crippen LogP contribution >= 0.6 is 0 Å². The summed E-state index contributed by atoms with van der Waals surface area (Å²) >= 11 is 0. The summed E-state index contributed by atoms with van der Waals surface area (Å²) in [6.07, 6.45) is 6.35. The Balaban J connectivity index is 0.000000330. The van der Waals surface area contributed by atoms with E-state index in [1.807, 2.05) is 150 Å². The van der Waals surface area contributed by atoms with Crippen molar-refractivity contribution in [1.29, 1.82) is 0 Å². The van der Waals surface area contributed by atoms with Crippen molar-refractivity contribution in [1.82, 2.24) is 30.4 Å². The number of nitrogens with zero attached hydrogens (tertiary/aromatic N) is 4. The normalized spacial score (nSPS) is 13.6. The van der Waals surface area contributed by atoms with Gasteiger partial charge in [0.15, 0.2) is 0 Å². The molecule has 2 aromatic carbocycles. The standard InChI is InChI=1S/C25H35N3O3.C25H33N3O3/c2*1-17(2)28(18(3)4)25(31)24(21-12-9-13-26-16-21)22(20-10-7-6-8-11-20)14-23(30)27-15-19(5)29/h6-13,16-19,22,24,29H,14-15H2,1-5H3,(H,27,30);6-13,16-18,22,24H,14-15H2,1-5H3,(H,27,30). The van der Waals surface area contributed by atoms with E-state index in [0.29, 0.717) is 0 Å². The van der Waals surface area contributed by atoms with Crippen molar-refractivity contribution in [2.45, 2.75) is 136 Å². The Kier molecular flexibility index (Phi) is 20.6. The van der Waals surface area contributed by atoms with Crippen molar-refractivity contribution in [3.63, 3.8) is 0 Å². The molecule has 0 fully saturated rings. The van der Waals surface area contributed by atoms with Gasteiger partial charge >= 0.3 is 0 Å². The molecule has 3 N–H and O–H groups in total. The van der Waals surface area contributed by atoms with E-state index in [0.717, 1.165) is 22.3 Å². The van der Waals surface area contributed by atoms with Crippen LogP contribution in [0.3, 0.4) is 0 Å². The Morgan fingerprint density at radius 3 is 1.19 bits per heavy atom. The fourth-order valence-electron chi connectivity index (χ4n) is 8.03. The first kappa shape index (κ1) is 50.6. The molecule has 5 unspecified atom stereocenters. The number of aliphatic hydroxyl groups excluding tert-OH is 1. The topological polar surface area (TPSA) is 162 Å². The number of carbonyl (C=O) groups is 5. The van der Waals surface area contributed by atoms with Gasteiger partial charge in [0.2, 0.25) is 23.6 Å². The second kappa shape index (κ2) is 25.2. The Morgan fingerprint density at radius 1 is 0.532 bits per heavy atom. The number of rotatable bonds is 20. The lowest BCUT2D eigenvalue weighted by Crippen LogP contribution is -2.46. The highest BCUT2D eigenvalue weighted by Gasteiger charge is 2.39. The van der Waals surface area contributed by atoms with Gasteiger partial charge in [0.1, 0.15) is 5.78 Å². The molecule has 4 aromatic rings. The predicted octanol–water partition coefficient (Wildman–Crippen LogP) is 7.17. The van der Waals surface area contributed by atoms with Crippen molar-refractivity contribution in [2.24, 2.45) is 0 Å². The molecule has 0 aliphatic carbocycles. The number of aliphatic hydroxyl groups is 1. The van der Waals surface area contributed by atoms with E-state index in [-0.39, 0.29) is 85.4 Å². The molecule has 5 atom stereocenters. The van der Waals surface area contributed by atoms with Crippen LogP contribution in [0.4, 0.5) is 0 Å². The molecule has 2 heterocycles. The minimum atomic E-state index is -0.632. The maximum Gasteiger partial charge on any atom is 0.231 e. The molecule has 4 rings (SSSR count). The van der Waals surface area contributed by atoms with Gasteiger partial charge in [-0.1, -0.05) is 72.8 Å². The van der Waals surface area contributed by atoms with Gasteiger partial charge in [-0.3, -0.25) is 33.9 Å². The predicted molar refractivity (Wildman–Crippen MR) is 244 cm³/mol. The highest BCUT2D eigenvalue weighted by molar-refractivity contribution is 5.89. The van der Waals surface area contributed by atoms with Gasteiger partial charge in [-0.05, 0) is 104 Å². The van der Waals surface area contributed by atoms with Gasteiger partial charge in [0.05, 0.1) is 24.5 Å². The van der Waals surface area contributed by atoms with E-state index in [9.17, 15) is 29.1 Å². The molecular formula is C50H68N6O6. The summed E-state index contributed by atoms with van der Waals surface area (Å²) in [6.45, 7) is 19.2. The minimum absolute atomic E-state index is 0.00892. The third-order valence-corrected chi connectivity index (χ3v) is 10.6. The summed E-state index contributed by atoms with van der Waals surface area (Å²) in [4.78, 5) is 76.8. The average Bonchev–Trinajstić information content (AvgIpc) is 3.23. The van der Waals surface area contributed by atoms with E-state index in [2.05, 4.69) is 20.6 Å². The molecule has 12 nitrogen and oxygen atoms in total. The van der Waals surface area contributed by atoms with Gasteiger partial charge < -0.3 is 25.5 Å². The van der Waals surface area contributed by atoms with Crippen LogP contribution in [0.25, 0.3) is 0 Å². The number of amides is 4. The highest BCUT2D eigenvalue weighted by Crippen LogP contribution is 2.39. The van der Waals surface area contributed by atoms with E-state index in [1.54, 1.807) is 31.7 Å². The second-order valence-electron chi connectivity index (χ2n) is 17.0. The molecule has 0 radical (unpaired) electrons. The SMILES string of the molecule is CC(=O)CNC(=O)CC(c1ccccc1)C(C(=O)N(C(C)C)C(C)C)c1cccnc1.CC(O)CNC(=O)CC(c1ccccc1)C(C(=O)N(C(C)C)C(C)C)c1cccnc1. The third kappa shape index (κ3) is 15.3. The smallest absolute Gasteiger partial charge is 0.231 e. The van der Waals surface area contributed by atoms with Gasteiger partial charge in [-0.15, -0.1) is 0 Å². The second-order valence-corrected chi connectivity index (χ2v) is 17.0. The lowest BCUT2D eigenvalue weighted by Gasteiger charge is -2.37. The van der Waals surface area contributed by atoms with E-state index in [1.165, 1.54) is 6.92 Å². The molecule has 334 valence electrons. The van der Waals surface area contributed by atoms with Crippen LogP contribution in [0.1, 0.15) is 128 Å². The first-order chi connectivity index (χ1) is 29.4. The van der Waals surface area contributed by atoms with Crippen LogP contribution in [0, 0.1) is 0 Å². The summed E-state index contributed by atoms with van der Waals surface area (Å²) in [5.41, 5.74) is 3.38.